The Morgan fingerprint density at radius 3 is 2.14 bits per heavy atom. The molecular formula is C51H72N6O7S. The fourth-order valence-electron chi connectivity index (χ4n) is 11.7. The van der Waals surface area contributed by atoms with Crippen molar-refractivity contribution in [3.05, 3.63) is 70.9 Å². The van der Waals surface area contributed by atoms with Crippen LogP contribution in [0.3, 0.4) is 0 Å². The first-order valence-electron chi connectivity index (χ1n) is 24.2. The van der Waals surface area contributed by atoms with E-state index in [1.165, 1.54) is 49.0 Å². The van der Waals surface area contributed by atoms with Gasteiger partial charge in [-0.05, 0) is 110 Å². The molecule has 0 radical (unpaired) electrons. The summed E-state index contributed by atoms with van der Waals surface area (Å²) in [5, 5.41) is 17.1. The van der Waals surface area contributed by atoms with Gasteiger partial charge >= 0.3 is 0 Å². The van der Waals surface area contributed by atoms with E-state index in [1.54, 1.807) is 11.3 Å². The number of carbonyl (C=O) groups is 3. The number of hydrogen-bond donors (Lipinski definition) is 3. The molecule has 13 nitrogen and oxygen atoms in total. The zero-order valence-electron chi connectivity index (χ0n) is 39.3. The summed E-state index contributed by atoms with van der Waals surface area (Å²) in [6, 6.07) is 15.1. The minimum absolute atomic E-state index is 0.0316. The molecule has 9 rings (SSSR count). The van der Waals surface area contributed by atoms with Crippen LogP contribution in [0.2, 0.25) is 0 Å². The van der Waals surface area contributed by atoms with Crippen molar-refractivity contribution in [3.63, 3.8) is 0 Å². The summed E-state index contributed by atoms with van der Waals surface area (Å²) in [6.45, 7) is 16.1. The lowest BCUT2D eigenvalue weighted by atomic mass is 9.48. The minimum Gasteiger partial charge on any atom is -0.484 e. The van der Waals surface area contributed by atoms with Gasteiger partial charge in [0.05, 0.1) is 60.7 Å². The average molecular weight is 913 g/mol. The number of aryl methyl sites for hydroxylation is 1. The smallest absolute Gasteiger partial charge is 0.260 e. The van der Waals surface area contributed by atoms with E-state index < -0.39 is 23.6 Å². The van der Waals surface area contributed by atoms with E-state index in [9.17, 15) is 19.5 Å². The van der Waals surface area contributed by atoms with E-state index in [1.807, 2.05) is 69.3 Å². The molecule has 354 valence electrons. The first kappa shape index (κ1) is 47.6. The lowest BCUT2D eigenvalue weighted by Gasteiger charge is -2.57. The number of thiazole rings is 1. The van der Waals surface area contributed by atoms with Gasteiger partial charge in [0.1, 0.15) is 11.8 Å². The number of likely N-dealkylation sites (tertiary alicyclic amines) is 1. The van der Waals surface area contributed by atoms with Crippen molar-refractivity contribution < 1.29 is 33.7 Å². The zero-order valence-corrected chi connectivity index (χ0v) is 40.1. The second-order valence-corrected chi connectivity index (χ2v) is 21.6. The number of nitrogens with zero attached hydrogens (tertiary/aromatic N) is 4. The van der Waals surface area contributed by atoms with Crippen LogP contribution in [-0.4, -0.2) is 140 Å². The Balaban J connectivity index is 0.685. The van der Waals surface area contributed by atoms with Gasteiger partial charge in [-0.15, -0.1) is 11.3 Å². The maximum atomic E-state index is 14.1. The number of β-amino-alcohol motifs (C(OH)–C–C–N with tert-alkyl or cyclic N) is 1. The Morgan fingerprint density at radius 1 is 0.877 bits per heavy atom. The average Bonchev–Trinajstić information content (AvgIpc) is 3.90. The highest BCUT2D eigenvalue weighted by atomic mass is 32.1. The number of aromatic nitrogens is 1. The highest BCUT2D eigenvalue weighted by Gasteiger charge is 2.51. The van der Waals surface area contributed by atoms with Gasteiger partial charge in [0.2, 0.25) is 11.8 Å². The molecule has 65 heavy (non-hydrogen) atoms. The van der Waals surface area contributed by atoms with Crippen molar-refractivity contribution in [2.24, 2.45) is 23.2 Å². The molecule has 4 saturated carbocycles. The molecular weight excluding hydrogens is 841 g/mol. The molecule has 6 aliphatic rings. The predicted molar refractivity (Wildman–Crippen MR) is 253 cm³/mol. The fraction of sp³-hybridized carbons (Fsp3) is 0.647. The SMILES string of the molecule is Cc1ncsc1-c1ccc([C@H](C)NC(=O)[C@@H]2C[C@@H](O)CN2C(=O)[C@@H](NCCOCCOCCN2CCN(C(=O)COc3ccc(C45CC6CC(CC(C6)C4)C5)cc3)CC2)C(C)(C)C)cc1. The van der Waals surface area contributed by atoms with Gasteiger partial charge in [0.25, 0.3) is 5.91 Å². The van der Waals surface area contributed by atoms with Crippen molar-refractivity contribution in [2.45, 2.75) is 109 Å². The molecule has 4 bridgehead atoms. The van der Waals surface area contributed by atoms with Crippen LogP contribution in [-0.2, 0) is 29.3 Å². The number of amides is 3. The van der Waals surface area contributed by atoms with E-state index in [4.69, 9.17) is 14.2 Å². The van der Waals surface area contributed by atoms with Crippen LogP contribution < -0.4 is 15.4 Å². The van der Waals surface area contributed by atoms with Crippen molar-refractivity contribution in [3.8, 4) is 16.2 Å². The first-order valence-corrected chi connectivity index (χ1v) is 25.0. The summed E-state index contributed by atoms with van der Waals surface area (Å²) < 4.78 is 17.7. The van der Waals surface area contributed by atoms with Crippen molar-refractivity contribution >= 4 is 29.1 Å². The molecule has 14 heteroatoms. The van der Waals surface area contributed by atoms with E-state index in [0.717, 1.165) is 64.8 Å². The van der Waals surface area contributed by atoms with Crippen LogP contribution in [0, 0.1) is 30.1 Å². The second kappa shape index (κ2) is 20.9. The summed E-state index contributed by atoms with van der Waals surface area (Å²) in [5.74, 6) is 3.07. The monoisotopic (exact) mass is 913 g/mol. The molecule has 3 aromatic rings. The predicted octanol–water partition coefficient (Wildman–Crippen LogP) is 5.99. The second-order valence-electron chi connectivity index (χ2n) is 20.7. The van der Waals surface area contributed by atoms with Gasteiger partial charge in [-0.3, -0.25) is 19.3 Å². The van der Waals surface area contributed by atoms with Crippen molar-refractivity contribution in [2.75, 3.05) is 78.8 Å². The molecule has 6 fully saturated rings. The molecule has 2 aliphatic heterocycles. The number of piperazine rings is 1. The number of aliphatic hydroxyl groups is 1. The number of carbonyl (C=O) groups excluding carboxylic acids is 3. The standard InChI is InChI=1S/C51H72N6O7S/c1-34(39-6-8-40(9-7-39)46-35(2)53-33-65-46)54-48(60)44-27-42(58)31-57(44)49(61)47(50(3,4)5)52-14-20-62-22-23-63-21-19-55-15-17-56(18-16-55)45(59)32-64-43-12-10-41(11-13-43)51-28-36-24-37(29-51)26-38(25-36)30-51/h6-13,33-34,36-38,42,44,47,52,58H,14-32H2,1-5H3,(H,54,60)/t34-,36?,37?,38?,42+,44-,47+,51?/m0/s1. The lowest BCUT2D eigenvalue weighted by molar-refractivity contribution is -0.142. The van der Waals surface area contributed by atoms with Crippen LogP contribution in [0.4, 0.5) is 0 Å². The van der Waals surface area contributed by atoms with E-state index in [2.05, 4.69) is 44.8 Å². The molecule has 0 unspecified atom stereocenters. The largest absolute Gasteiger partial charge is 0.484 e. The summed E-state index contributed by atoms with van der Waals surface area (Å²) >= 11 is 1.60. The molecule has 3 N–H and O–H groups in total. The lowest BCUT2D eigenvalue weighted by Crippen LogP contribution is -2.57. The van der Waals surface area contributed by atoms with E-state index in [0.29, 0.717) is 51.5 Å². The highest BCUT2D eigenvalue weighted by Crippen LogP contribution is 2.60. The van der Waals surface area contributed by atoms with Gasteiger partial charge < -0.3 is 39.8 Å². The van der Waals surface area contributed by atoms with Gasteiger partial charge in [0, 0.05) is 52.2 Å². The third-order valence-corrected chi connectivity index (χ3v) is 15.8. The minimum atomic E-state index is -0.778. The number of aliphatic hydroxyl groups excluding tert-OH is 1. The van der Waals surface area contributed by atoms with E-state index >= 15 is 0 Å². The Hall–Kier alpha value is -3.92. The van der Waals surface area contributed by atoms with Crippen molar-refractivity contribution in [1.82, 2.24) is 30.3 Å². The molecule has 4 aliphatic carbocycles. The van der Waals surface area contributed by atoms with Gasteiger partial charge in [0.15, 0.2) is 6.61 Å². The molecule has 0 spiro atoms. The van der Waals surface area contributed by atoms with Crippen LogP contribution in [0.5, 0.6) is 5.75 Å². The van der Waals surface area contributed by atoms with Crippen LogP contribution in [0.1, 0.15) is 95.5 Å². The third-order valence-electron chi connectivity index (χ3n) is 14.9. The molecule has 4 atom stereocenters. The number of hydrogen-bond acceptors (Lipinski definition) is 11. The van der Waals surface area contributed by atoms with Crippen LogP contribution >= 0.6 is 11.3 Å². The zero-order chi connectivity index (χ0) is 45.7. The molecule has 1 aromatic heterocycles. The summed E-state index contributed by atoms with van der Waals surface area (Å²) in [7, 11) is 0. The summed E-state index contributed by atoms with van der Waals surface area (Å²) in [4.78, 5) is 51.9. The topological polar surface area (TPSA) is 146 Å². The number of nitrogens with one attached hydrogen (secondary N) is 2. The van der Waals surface area contributed by atoms with Crippen molar-refractivity contribution in [1.29, 1.82) is 0 Å². The molecule has 2 aromatic carbocycles. The van der Waals surface area contributed by atoms with Crippen LogP contribution in [0.15, 0.2) is 54.0 Å². The number of ether oxygens (including phenoxy) is 3. The summed E-state index contributed by atoms with van der Waals surface area (Å²) in [5.41, 5.74) is 6.25. The molecule has 2 saturated heterocycles. The molecule has 3 amide bonds. The Bertz CT molecular complexity index is 2030. The third kappa shape index (κ3) is 11.6. The van der Waals surface area contributed by atoms with Gasteiger partial charge in [-0.2, -0.15) is 0 Å². The highest BCUT2D eigenvalue weighted by molar-refractivity contribution is 7.13. The number of benzene rings is 2. The Labute approximate surface area is 390 Å². The Kier molecular flexibility index (Phi) is 15.3. The Morgan fingerprint density at radius 2 is 1.52 bits per heavy atom. The molecule has 3 heterocycles. The maximum Gasteiger partial charge on any atom is 0.260 e. The van der Waals surface area contributed by atoms with Gasteiger partial charge in [-0.25, -0.2) is 4.98 Å². The van der Waals surface area contributed by atoms with Gasteiger partial charge in [-0.1, -0.05) is 57.2 Å². The first-order chi connectivity index (χ1) is 31.2. The summed E-state index contributed by atoms with van der Waals surface area (Å²) in [6.07, 6.45) is 7.78. The van der Waals surface area contributed by atoms with E-state index in [-0.39, 0.29) is 43.3 Å². The van der Waals surface area contributed by atoms with Crippen LogP contribution in [0.25, 0.3) is 10.4 Å². The maximum absolute atomic E-state index is 14.1. The normalized spacial score (nSPS) is 26.3. The number of rotatable bonds is 19. The fourth-order valence-corrected chi connectivity index (χ4v) is 12.6. The quantitative estimate of drug-likeness (QED) is 0.123.